The minimum absolute atomic E-state index is 0. The molecule has 0 saturated heterocycles. The Morgan fingerprint density at radius 1 is 0.484 bits per heavy atom. The number of nitrogens with zero attached hydrogens (tertiary/aromatic N) is 12. The van der Waals surface area contributed by atoms with E-state index in [9.17, 15) is 9.59 Å². The van der Waals surface area contributed by atoms with Crippen molar-refractivity contribution in [3.8, 4) is 83.7 Å². The number of hydrogen-bond donors (Lipinski definition) is 4. The number of carbonyl (C=O) groups is 2. The summed E-state index contributed by atoms with van der Waals surface area (Å²) in [6.07, 6.45) is 22.5. The average Bonchev–Trinajstić information content (AvgIpc) is 1.79. The Balaban J connectivity index is 0.000000276. The van der Waals surface area contributed by atoms with Crippen molar-refractivity contribution in [2.75, 3.05) is 27.1 Å². The van der Waals surface area contributed by atoms with Gasteiger partial charge in [-0.05, 0) is 246 Å². The van der Waals surface area contributed by atoms with E-state index in [4.69, 9.17) is 46.6 Å². The molecule has 3 atom stereocenters. The molecular weight excluding hydrogens is 1860 g/mol. The van der Waals surface area contributed by atoms with Crippen LogP contribution in [0, 0.1) is 24.2 Å². The number of rotatable bonds is 18. The summed E-state index contributed by atoms with van der Waals surface area (Å²) in [5, 5.41) is 18.0. The van der Waals surface area contributed by atoms with Gasteiger partial charge in [-0.15, -0.1) is 6.42 Å². The van der Waals surface area contributed by atoms with Gasteiger partial charge in [-0.2, -0.15) is 22.5 Å². The molecule has 0 bridgehead atoms. The van der Waals surface area contributed by atoms with E-state index >= 15 is 0 Å². The number of amides is 2. The van der Waals surface area contributed by atoms with E-state index in [1.165, 1.54) is 68.4 Å². The fraction of sp³-hybridized carbons (Fsp3) is 0.244. The number of anilines is 1. The minimum atomic E-state index is -0.608. The van der Waals surface area contributed by atoms with Crippen LogP contribution in [0.15, 0.2) is 224 Å². The summed E-state index contributed by atoms with van der Waals surface area (Å²) in [5.74, 6) is 12.7. The molecule has 0 aliphatic heterocycles. The number of nitrogens with one attached hydrogen (secondary N) is 2. The zero-order valence-electron chi connectivity index (χ0n) is 66.2. The number of alkyl carbamates (subject to hydrolysis) is 2. The van der Waals surface area contributed by atoms with Gasteiger partial charge in [-0.3, -0.25) is 19.9 Å². The molecule has 6 N–H and O–H groups in total. The van der Waals surface area contributed by atoms with Crippen LogP contribution in [0.4, 0.5) is 15.5 Å². The number of fused-ring (bicyclic) bond motifs is 4. The fourth-order valence-electron chi connectivity index (χ4n) is 11.2. The number of halogens is 3. The predicted octanol–water partition coefficient (Wildman–Crippen LogP) is 21.6. The third-order valence-electron chi connectivity index (χ3n) is 16.8. The summed E-state index contributed by atoms with van der Waals surface area (Å²) in [6.45, 7) is 10.9. The van der Waals surface area contributed by atoms with Gasteiger partial charge in [0.15, 0.2) is 0 Å². The summed E-state index contributed by atoms with van der Waals surface area (Å²) >= 11 is 16.1. The Labute approximate surface area is 761 Å². The quantitative estimate of drug-likeness (QED) is 0.0458. The molecule has 2 amide bonds. The Hall–Kier alpha value is -10.7. The molecule has 8 heterocycles. The predicted molar refractivity (Wildman–Crippen MR) is 509 cm³/mol. The van der Waals surface area contributed by atoms with E-state index in [0.717, 1.165) is 133 Å². The molecule has 15 rings (SSSR count). The average molecular weight is 1960 g/mol. The molecule has 32 heteroatoms. The second kappa shape index (κ2) is 50.0. The number of hydrogen-bond acceptors (Lipinski definition) is 25. The molecule has 0 aliphatic carbocycles. The summed E-state index contributed by atoms with van der Waals surface area (Å²) in [5.41, 5.74) is 18.1. The second-order valence-electron chi connectivity index (χ2n) is 27.8. The number of methoxy groups -OCH3 is 3. The summed E-state index contributed by atoms with van der Waals surface area (Å²) in [4.78, 5) is 58.3. The van der Waals surface area contributed by atoms with Crippen LogP contribution in [-0.2, 0) is 46.5 Å². The number of terminal acetylenes is 1. The van der Waals surface area contributed by atoms with Gasteiger partial charge >= 0.3 is 51.7 Å². The van der Waals surface area contributed by atoms with Gasteiger partial charge < -0.3 is 45.8 Å². The molecular formula is C90H97BBr3CuN16O7S4. The number of benzene rings is 7. The van der Waals surface area contributed by atoms with Crippen LogP contribution in [0.25, 0.3) is 85.4 Å². The molecule has 15 aromatic rings. The SMILES string of the molecule is Brc1nsc(-c2ccc3cnccc3c2)n1.C.C.C.C#C[C@H](Cc1ccc(OC)cc1)NC(=O)OC(C)(C)C.COc1ccc(C[C@@H](C#Cc2nsc(-c3ccc4cnccc4c3)n2)NC(=O)OC(C)(C)C)cc1.COc1ccc(C[C@H](N)CCc2nsc(-c3ccc4cnccc4c3)n2)cc1.Nc1nsc(-c2ccc3cnccc3c2)n1.[2HH].[B].[Br][Cu][Br]. The number of ether oxygens (including phenoxy) is 5. The zero-order chi connectivity index (χ0) is 84.0. The molecule has 23 nitrogen and oxygen atoms in total. The third-order valence-corrected chi connectivity index (χ3v) is 20.5. The maximum absolute atomic E-state index is 12.4. The molecule has 0 saturated carbocycles. The Morgan fingerprint density at radius 3 is 1.20 bits per heavy atom. The first-order valence-corrected chi connectivity index (χ1v) is 45.0. The van der Waals surface area contributed by atoms with Crippen molar-refractivity contribution in [2.45, 2.75) is 125 Å². The molecule has 7 aromatic carbocycles. The summed E-state index contributed by atoms with van der Waals surface area (Å²) < 4.78 is 43.7. The number of nitrogens with two attached hydrogens (primary N) is 2. The van der Waals surface area contributed by atoms with Crippen molar-refractivity contribution in [1.82, 2.24) is 68.0 Å². The van der Waals surface area contributed by atoms with E-state index in [-0.39, 0.29) is 38.2 Å². The van der Waals surface area contributed by atoms with Crippen LogP contribution in [0.3, 0.4) is 0 Å². The van der Waals surface area contributed by atoms with Crippen LogP contribution in [-0.4, -0.2) is 129 Å². The van der Waals surface area contributed by atoms with Gasteiger partial charge in [0.25, 0.3) is 0 Å². The monoisotopic (exact) mass is 1950 g/mol. The van der Waals surface area contributed by atoms with Gasteiger partial charge in [-0.1, -0.05) is 119 Å². The molecule has 8 aromatic heterocycles. The number of nitrogen functional groups attached to an aromatic ring is 1. The van der Waals surface area contributed by atoms with Crippen molar-refractivity contribution in [2.24, 2.45) is 5.73 Å². The standard InChI is InChI=1S/C27H26N4O3S.C22H22N4OS.C16H21NO3.C11H6BrN3S.C11H8N4S.3CH4.B.2BrH.Cu.H2/c1-27(2,3)34-26(32)29-22(15-18-5-10-23(33-4)11-6-18)9-12-24-30-25(35-31-24)20-7-8-21-17-28-14-13-19(21)16-20;1-27-20-7-2-15(3-8-20)12-19(23)6-9-21-25-22(28-26-21)17-4-5-18-14-24-11-10-16(18)13-17;1-6-13(17-15(18)20-16(2,3)4)11-12-7-9-14(19-5)10-8-12;2*12-11-14-10(16-15-11)8-1-2-9-6-13-4-3-7(9)5-8;;;;;;;;/h5-8,10-11,13-14,16-17,22H,15H2,1-4H3,(H,29,32);2-5,7-8,10-11,13-14,19H,6,9,12,23H2,1H3;1,7-10,13H,11H2,2-5H3,(H,17,18);1-6H;1-6H,(H2,12,15);3*1H4;;2*1H;;1H/q;;;;;;;;;;;+2;/p-2/t22-;19-;13-;;;;;;;;;;/m111........../s1/i;;;;;;;;;;;;1+1. The summed E-state index contributed by atoms with van der Waals surface area (Å²) in [7, 11) is 4.91. The number of pyridine rings is 4. The van der Waals surface area contributed by atoms with Gasteiger partial charge in [-0.25, -0.2) is 24.5 Å². The number of aromatic nitrogens is 12. The van der Waals surface area contributed by atoms with E-state index in [0.29, 0.717) is 29.3 Å². The zero-order valence-corrected chi connectivity index (χ0v) is 75.1. The second-order valence-corrected chi connectivity index (χ2v) is 36.3. The van der Waals surface area contributed by atoms with Crippen LogP contribution in [0.1, 0.15) is 100 Å². The Kier molecular flexibility index (Phi) is 41.0. The molecule has 0 spiro atoms. The van der Waals surface area contributed by atoms with Crippen molar-refractivity contribution >= 4 is 160 Å². The molecule has 0 unspecified atom stereocenters. The molecule has 3 radical (unpaired) electrons. The third kappa shape index (κ3) is 32.3. The first-order chi connectivity index (χ1) is 56.9. The van der Waals surface area contributed by atoms with Gasteiger partial charge in [0.2, 0.25) is 16.5 Å². The molecule has 0 aliphatic rings. The number of carbonyl (C=O) groups excluding carboxylic acids is 2. The summed E-state index contributed by atoms with van der Waals surface area (Å²) in [6, 6.07) is 55.0. The molecule has 638 valence electrons. The van der Waals surface area contributed by atoms with Crippen molar-refractivity contribution in [3.05, 3.63) is 253 Å². The Bertz CT molecular complexity index is 5780. The van der Waals surface area contributed by atoms with Crippen molar-refractivity contribution in [3.63, 3.8) is 0 Å². The van der Waals surface area contributed by atoms with E-state index < -0.39 is 35.5 Å². The normalized spacial score (nSPS) is 11.2. The molecule has 122 heavy (non-hydrogen) atoms. The number of aryl methyl sites for hydroxylation is 1. The van der Waals surface area contributed by atoms with E-state index in [1.807, 2.05) is 173 Å². The van der Waals surface area contributed by atoms with E-state index in [2.05, 4.69) is 173 Å². The fourth-order valence-corrected chi connectivity index (χ4v) is 14.2. The van der Waals surface area contributed by atoms with Crippen molar-refractivity contribution < 1.29 is 46.0 Å². The first kappa shape index (κ1) is 100. The first-order valence-electron chi connectivity index (χ1n) is 36.4. The van der Waals surface area contributed by atoms with Gasteiger partial charge in [0, 0.05) is 129 Å². The van der Waals surface area contributed by atoms with Crippen LogP contribution in [0.2, 0.25) is 0 Å². The van der Waals surface area contributed by atoms with Crippen LogP contribution >= 0.6 is 90.3 Å². The van der Waals surface area contributed by atoms with Gasteiger partial charge in [0.05, 0.1) is 33.4 Å². The topological polar surface area (TPSA) is 311 Å². The maximum atomic E-state index is 12.4. The van der Waals surface area contributed by atoms with Crippen LogP contribution < -0.4 is 36.3 Å². The van der Waals surface area contributed by atoms with Crippen LogP contribution in [0.5, 0.6) is 17.2 Å². The van der Waals surface area contributed by atoms with Crippen molar-refractivity contribution in [1.29, 1.82) is 0 Å². The molecule has 0 fully saturated rings. The van der Waals surface area contributed by atoms with Gasteiger partial charge in [0.1, 0.15) is 54.3 Å². The van der Waals surface area contributed by atoms with E-state index in [1.54, 1.807) is 60.7 Å². The Morgan fingerprint density at radius 2 is 0.836 bits per heavy atom.